The van der Waals surface area contributed by atoms with Crippen LogP contribution in [0.4, 0.5) is 5.69 Å². The van der Waals surface area contributed by atoms with Gasteiger partial charge in [0, 0.05) is 9.26 Å². The monoisotopic (exact) mass is 395 g/mol. The summed E-state index contributed by atoms with van der Waals surface area (Å²) in [5.41, 5.74) is 4.08. The van der Waals surface area contributed by atoms with Crippen LogP contribution in [-0.2, 0) is 4.79 Å². The summed E-state index contributed by atoms with van der Waals surface area (Å²) in [5.74, 6) is 0.633. The second kappa shape index (κ2) is 6.93. The SMILES string of the molecule is Cc1cc(C)c(OCC(=O)Nc2ccc(I)cc2)c(C)c1. The largest absolute Gasteiger partial charge is 0.483 e. The highest BCUT2D eigenvalue weighted by atomic mass is 127. The van der Waals surface area contributed by atoms with Gasteiger partial charge in [0.15, 0.2) is 6.61 Å². The number of hydrogen-bond acceptors (Lipinski definition) is 2. The molecule has 0 bridgehead atoms. The summed E-state index contributed by atoms with van der Waals surface area (Å²) in [6.07, 6.45) is 0. The standard InChI is InChI=1S/C17H18INO2/c1-11-8-12(2)17(13(3)9-11)21-10-16(20)19-15-6-4-14(18)5-7-15/h4-9H,10H2,1-3H3,(H,19,20). The summed E-state index contributed by atoms with van der Waals surface area (Å²) in [6, 6.07) is 11.8. The first-order chi connectivity index (χ1) is 9.95. The van der Waals surface area contributed by atoms with Gasteiger partial charge in [-0.3, -0.25) is 4.79 Å². The van der Waals surface area contributed by atoms with Gasteiger partial charge in [-0.1, -0.05) is 17.7 Å². The normalized spacial score (nSPS) is 10.3. The van der Waals surface area contributed by atoms with E-state index in [4.69, 9.17) is 4.74 Å². The van der Waals surface area contributed by atoms with Gasteiger partial charge in [-0.2, -0.15) is 0 Å². The molecule has 0 aliphatic carbocycles. The fraction of sp³-hybridized carbons (Fsp3) is 0.235. The van der Waals surface area contributed by atoms with Crippen LogP contribution >= 0.6 is 22.6 Å². The molecule has 110 valence electrons. The Morgan fingerprint density at radius 2 is 1.67 bits per heavy atom. The summed E-state index contributed by atoms with van der Waals surface area (Å²) in [5, 5.41) is 2.82. The zero-order valence-electron chi connectivity index (χ0n) is 12.4. The third-order valence-corrected chi connectivity index (χ3v) is 3.80. The molecule has 0 unspecified atom stereocenters. The molecule has 1 N–H and O–H groups in total. The van der Waals surface area contributed by atoms with Gasteiger partial charge in [0.05, 0.1) is 0 Å². The van der Waals surface area contributed by atoms with Crippen molar-refractivity contribution in [1.82, 2.24) is 0 Å². The van der Waals surface area contributed by atoms with E-state index >= 15 is 0 Å². The molecule has 21 heavy (non-hydrogen) atoms. The Labute approximate surface area is 138 Å². The van der Waals surface area contributed by atoms with E-state index in [-0.39, 0.29) is 12.5 Å². The maximum Gasteiger partial charge on any atom is 0.262 e. The highest BCUT2D eigenvalue weighted by Gasteiger charge is 2.08. The van der Waals surface area contributed by atoms with Crippen LogP contribution in [0.1, 0.15) is 16.7 Å². The molecule has 0 spiro atoms. The predicted octanol–water partition coefficient (Wildman–Crippen LogP) is 4.23. The minimum atomic E-state index is -0.157. The number of carbonyl (C=O) groups excluding carboxylic acids is 1. The van der Waals surface area contributed by atoms with Crippen LogP contribution in [0, 0.1) is 24.3 Å². The fourth-order valence-electron chi connectivity index (χ4n) is 2.26. The van der Waals surface area contributed by atoms with Crippen molar-refractivity contribution in [2.24, 2.45) is 0 Å². The van der Waals surface area contributed by atoms with Crippen LogP contribution in [0.3, 0.4) is 0 Å². The van der Waals surface area contributed by atoms with Crippen molar-refractivity contribution in [3.63, 3.8) is 0 Å². The van der Waals surface area contributed by atoms with Crippen LogP contribution < -0.4 is 10.1 Å². The second-order valence-corrected chi connectivity index (χ2v) is 6.32. The minimum absolute atomic E-state index is 0.0106. The smallest absolute Gasteiger partial charge is 0.262 e. The predicted molar refractivity (Wildman–Crippen MR) is 93.9 cm³/mol. The van der Waals surface area contributed by atoms with E-state index in [1.54, 1.807) is 0 Å². The maximum atomic E-state index is 11.9. The first-order valence-electron chi connectivity index (χ1n) is 6.72. The molecule has 0 aliphatic rings. The van der Waals surface area contributed by atoms with Gasteiger partial charge in [0.25, 0.3) is 5.91 Å². The van der Waals surface area contributed by atoms with Crippen LogP contribution in [-0.4, -0.2) is 12.5 Å². The number of benzene rings is 2. The molecule has 0 saturated carbocycles. The van der Waals surface area contributed by atoms with Gasteiger partial charge >= 0.3 is 0 Å². The topological polar surface area (TPSA) is 38.3 Å². The number of anilines is 1. The highest BCUT2D eigenvalue weighted by molar-refractivity contribution is 14.1. The molecule has 3 nitrogen and oxygen atoms in total. The molecule has 0 saturated heterocycles. The summed E-state index contributed by atoms with van der Waals surface area (Å²) >= 11 is 2.23. The zero-order valence-corrected chi connectivity index (χ0v) is 14.5. The van der Waals surface area contributed by atoms with E-state index < -0.39 is 0 Å². The first-order valence-corrected chi connectivity index (χ1v) is 7.79. The lowest BCUT2D eigenvalue weighted by atomic mass is 10.1. The Bertz CT molecular complexity index is 627. The number of hydrogen-bond donors (Lipinski definition) is 1. The zero-order chi connectivity index (χ0) is 15.4. The van der Waals surface area contributed by atoms with Crippen LogP contribution in [0.5, 0.6) is 5.75 Å². The molecule has 2 aromatic rings. The molecule has 0 heterocycles. The van der Waals surface area contributed by atoms with Crippen LogP contribution in [0.15, 0.2) is 36.4 Å². The van der Waals surface area contributed by atoms with Crippen molar-refractivity contribution in [2.45, 2.75) is 20.8 Å². The number of rotatable bonds is 4. The third kappa shape index (κ3) is 4.46. The Kier molecular flexibility index (Phi) is 5.22. The van der Waals surface area contributed by atoms with Gasteiger partial charge in [-0.15, -0.1) is 0 Å². The van der Waals surface area contributed by atoms with Crippen molar-refractivity contribution in [2.75, 3.05) is 11.9 Å². The molecule has 0 aromatic heterocycles. The Balaban J connectivity index is 1.97. The van der Waals surface area contributed by atoms with Crippen molar-refractivity contribution in [3.8, 4) is 5.75 Å². The Hall–Kier alpha value is -1.56. The van der Waals surface area contributed by atoms with E-state index in [1.807, 2.05) is 45.0 Å². The van der Waals surface area contributed by atoms with Crippen molar-refractivity contribution in [1.29, 1.82) is 0 Å². The van der Waals surface area contributed by atoms with Gasteiger partial charge in [-0.05, 0) is 78.8 Å². The first kappa shape index (κ1) is 15.8. The van der Waals surface area contributed by atoms with E-state index in [1.165, 1.54) is 5.56 Å². The number of amides is 1. The lowest BCUT2D eigenvalue weighted by Crippen LogP contribution is -2.20. The molecule has 2 rings (SSSR count). The summed E-state index contributed by atoms with van der Waals surface area (Å²) in [7, 11) is 0. The molecule has 0 aliphatic heterocycles. The van der Waals surface area contributed by atoms with Crippen molar-refractivity contribution < 1.29 is 9.53 Å². The lowest BCUT2D eigenvalue weighted by molar-refractivity contribution is -0.118. The summed E-state index contributed by atoms with van der Waals surface area (Å²) < 4.78 is 6.80. The molecule has 2 aromatic carbocycles. The van der Waals surface area contributed by atoms with Gasteiger partial charge in [-0.25, -0.2) is 0 Å². The molecular formula is C17H18INO2. The molecule has 0 fully saturated rings. The summed E-state index contributed by atoms with van der Waals surface area (Å²) in [6.45, 7) is 6.04. The quantitative estimate of drug-likeness (QED) is 0.787. The molecular weight excluding hydrogens is 377 g/mol. The number of aryl methyl sites for hydroxylation is 3. The number of halogens is 1. The van der Waals surface area contributed by atoms with Crippen LogP contribution in [0.2, 0.25) is 0 Å². The average Bonchev–Trinajstić information content (AvgIpc) is 2.40. The van der Waals surface area contributed by atoms with E-state index in [9.17, 15) is 4.79 Å². The van der Waals surface area contributed by atoms with Crippen molar-refractivity contribution >= 4 is 34.2 Å². The van der Waals surface area contributed by atoms with Crippen LogP contribution in [0.25, 0.3) is 0 Å². The third-order valence-electron chi connectivity index (χ3n) is 3.08. The summed E-state index contributed by atoms with van der Waals surface area (Å²) in [4.78, 5) is 11.9. The Morgan fingerprint density at radius 1 is 1.10 bits per heavy atom. The minimum Gasteiger partial charge on any atom is -0.483 e. The fourth-order valence-corrected chi connectivity index (χ4v) is 2.62. The molecule has 4 heteroatoms. The van der Waals surface area contributed by atoms with E-state index in [0.29, 0.717) is 0 Å². The van der Waals surface area contributed by atoms with Gasteiger partial charge in [0.1, 0.15) is 5.75 Å². The molecule has 0 atom stereocenters. The average molecular weight is 395 g/mol. The van der Waals surface area contributed by atoms with E-state index in [0.717, 1.165) is 26.1 Å². The van der Waals surface area contributed by atoms with Gasteiger partial charge in [0.2, 0.25) is 0 Å². The lowest BCUT2D eigenvalue weighted by Gasteiger charge is -2.13. The number of nitrogens with one attached hydrogen (secondary N) is 1. The number of carbonyl (C=O) groups is 1. The van der Waals surface area contributed by atoms with Crippen molar-refractivity contribution in [3.05, 3.63) is 56.7 Å². The highest BCUT2D eigenvalue weighted by Crippen LogP contribution is 2.24. The molecule has 1 amide bonds. The second-order valence-electron chi connectivity index (χ2n) is 5.07. The number of ether oxygens (including phenoxy) is 1. The maximum absolute atomic E-state index is 11.9. The van der Waals surface area contributed by atoms with Gasteiger partial charge < -0.3 is 10.1 Å². The molecule has 0 radical (unpaired) electrons. The Morgan fingerprint density at radius 3 is 2.24 bits per heavy atom. The van der Waals surface area contributed by atoms with E-state index in [2.05, 4.69) is 40.0 Å².